The number of carbonyl (C=O) groups is 1. The molecular weight excluding hydrogens is 520 g/mol. The van der Waals surface area contributed by atoms with E-state index in [1.54, 1.807) is 17.6 Å². The molecule has 0 amide bonds. The standard InChI is InChI=1S/C28H32N4O6S/c1-4-23(32(16-8-15-29)39(35,36)22-13-11-21(12-14-22)28(34)37-3)24-17-25-26(19(2)30-38-25)27(33)31(24)18-20-9-6-5-7-10-20/h5-7,9-14,17,23H,4,8,15-16,18,29H2,1-3H3. The summed E-state index contributed by atoms with van der Waals surface area (Å²) in [5.74, 6) is -0.564. The van der Waals surface area contributed by atoms with Crippen molar-refractivity contribution in [3.8, 4) is 0 Å². The number of esters is 1. The molecule has 0 aliphatic heterocycles. The van der Waals surface area contributed by atoms with Gasteiger partial charge in [0.1, 0.15) is 5.39 Å². The van der Waals surface area contributed by atoms with Crippen molar-refractivity contribution in [2.45, 2.75) is 44.2 Å². The number of benzene rings is 2. The van der Waals surface area contributed by atoms with Crippen LogP contribution in [0.2, 0.25) is 0 Å². The fraction of sp³-hybridized carbons (Fsp3) is 0.321. The summed E-state index contributed by atoms with van der Waals surface area (Å²) in [5.41, 5.74) is 7.86. The lowest BCUT2D eigenvalue weighted by molar-refractivity contribution is 0.0600. The predicted octanol–water partition coefficient (Wildman–Crippen LogP) is 3.62. The Morgan fingerprint density at radius 1 is 1.15 bits per heavy atom. The van der Waals surface area contributed by atoms with Crippen LogP contribution in [0, 0.1) is 6.92 Å². The number of pyridine rings is 1. The quantitative estimate of drug-likeness (QED) is 0.279. The lowest BCUT2D eigenvalue weighted by Crippen LogP contribution is -2.39. The molecule has 39 heavy (non-hydrogen) atoms. The van der Waals surface area contributed by atoms with E-state index in [0.717, 1.165) is 5.56 Å². The van der Waals surface area contributed by atoms with E-state index in [-0.39, 0.29) is 35.7 Å². The van der Waals surface area contributed by atoms with Crippen LogP contribution in [0.1, 0.15) is 53.1 Å². The van der Waals surface area contributed by atoms with E-state index in [0.29, 0.717) is 35.2 Å². The fourth-order valence-corrected chi connectivity index (χ4v) is 6.40. The van der Waals surface area contributed by atoms with E-state index in [4.69, 9.17) is 15.0 Å². The first-order valence-electron chi connectivity index (χ1n) is 12.7. The Morgan fingerprint density at radius 3 is 2.46 bits per heavy atom. The van der Waals surface area contributed by atoms with Crippen molar-refractivity contribution in [2.75, 3.05) is 20.2 Å². The van der Waals surface area contributed by atoms with Crippen LogP contribution in [0.4, 0.5) is 0 Å². The van der Waals surface area contributed by atoms with E-state index in [2.05, 4.69) is 5.16 Å². The molecule has 0 aliphatic rings. The summed E-state index contributed by atoms with van der Waals surface area (Å²) in [6.07, 6.45) is 0.777. The van der Waals surface area contributed by atoms with Crippen LogP contribution in [0.25, 0.3) is 11.0 Å². The summed E-state index contributed by atoms with van der Waals surface area (Å²) in [6, 6.07) is 16.1. The SMILES string of the molecule is CCC(c1cc2onc(C)c2c(=O)n1Cc1ccccc1)N(CCCN)S(=O)(=O)c1ccc(C(=O)OC)cc1. The van der Waals surface area contributed by atoms with Gasteiger partial charge < -0.3 is 19.6 Å². The second-order valence-corrected chi connectivity index (χ2v) is 11.0. The molecule has 10 nitrogen and oxygen atoms in total. The van der Waals surface area contributed by atoms with Crippen molar-refractivity contribution < 1.29 is 22.5 Å². The van der Waals surface area contributed by atoms with Crippen LogP contribution in [0.5, 0.6) is 0 Å². The van der Waals surface area contributed by atoms with Gasteiger partial charge in [-0.2, -0.15) is 4.31 Å². The number of aromatic nitrogens is 2. The van der Waals surface area contributed by atoms with Gasteiger partial charge in [0.05, 0.1) is 35.8 Å². The maximum absolute atomic E-state index is 14.0. The molecule has 1 unspecified atom stereocenters. The smallest absolute Gasteiger partial charge is 0.337 e. The van der Waals surface area contributed by atoms with Crippen LogP contribution in [0.3, 0.4) is 0 Å². The number of nitrogens with two attached hydrogens (primary N) is 1. The van der Waals surface area contributed by atoms with Crippen molar-refractivity contribution in [3.63, 3.8) is 0 Å². The summed E-state index contributed by atoms with van der Waals surface area (Å²) in [5, 5.41) is 4.34. The number of ether oxygens (including phenoxy) is 1. The van der Waals surface area contributed by atoms with Crippen molar-refractivity contribution in [1.29, 1.82) is 0 Å². The Bertz CT molecular complexity index is 1610. The molecule has 0 aliphatic carbocycles. The highest BCUT2D eigenvalue weighted by Crippen LogP contribution is 2.32. The van der Waals surface area contributed by atoms with Crippen LogP contribution in [-0.2, 0) is 21.3 Å². The van der Waals surface area contributed by atoms with Gasteiger partial charge in [-0.3, -0.25) is 4.79 Å². The number of rotatable bonds is 11. The molecule has 4 rings (SSSR count). The molecule has 0 radical (unpaired) electrons. The van der Waals surface area contributed by atoms with E-state index in [1.165, 1.54) is 35.7 Å². The molecule has 0 fully saturated rings. The van der Waals surface area contributed by atoms with Gasteiger partial charge in [0, 0.05) is 18.3 Å². The third-order valence-electron chi connectivity index (χ3n) is 6.66. The van der Waals surface area contributed by atoms with E-state index in [1.807, 2.05) is 37.3 Å². The number of carbonyl (C=O) groups excluding carboxylic acids is 1. The lowest BCUT2D eigenvalue weighted by atomic mass is 10.1. The molecule has 206 valence electrons. The Morgan fingerprint density at radius 2 is 1.85 bits per heavy atom. The monoisotopic (exact) mass is 552 g/mol. The first-order valence-corrected chi connectivity index (χ1v) is 14.1. The first-order chi connectivity index (χ1) is 18.7. The maximum atomic E-state index is 14.0. The van der Waals surface area contributed by atoms with Crippen molar-refractivity contribution in [2.24, 2.45) is 5.73 Å². The van der Waals surface area contributed by atoms with Crippen LogP contribution >= 0.6 is 0 Å². The number of hydrogen-bond donors (Lipinski definition) is 1. The topological polar surface area (TPSA) is 138 Å². The Hall–Kier alpha value is -3.80. The van der Waals surface area contributed by atoms with E-state index >= 15 is 0 Å². The highest BCUT2D eigenvalue weighted by atomic mass is 32.2. The van der Waals surface area contributed by atoms with E-state index < -0.39 is 22.0 Å². The summed E-state index contributed by atoms with van der Waals surface area (Å²) >= 11 is 0. The van der Waals surface area contributed by atoms with Gasteiger partial charge in [-0.1, -0.05) is 42.4 Å². The third kappa shape index (κ3) is 5.65. The summed E-state index contributed by atoms with van der Waals surface area (Å²) in [4.78, 5) is 25.7. The molecule has 11 heteroatoms. The van der Waals surface area contributed by atoms with Crippen LogP contribution in [0.15, 0.2) is 74.9 Å². The predicted molar refractivity (Wildman–Crippen MR) is 147 cm³/mol. The minimum Gasteiger partial charge on any atom is -0.465 e. The highest BCUT2D eigenvalue weighted by molar-refractivity contribution is 7.89. The average Bonchev–Trinajstić information content (AvgIpc) is 3.33. The maximum Gasteiger partial charge on any atom is 0.337 e. The normalized spacial score (nSPS) is 12.6. The van der Waals surface area contributed by atoms with Crippen LogP contribution < -0.4 is 11.3 Å². The number of hydrogen-bond acceptors (Lipinski definition) is 8. The molecule has 0 bridgehead atoms. The van der Waals surface area contributed by atoms with Gasteiger partial charge in [-0.15, -0.1) is 0 Å². The zero-order valence-corrected chi connectivity index (χ0v) is 23.0. The molecule has 0 spiro atoms. The molecule has 0 saturated carbocycles. The highest BCUT2D eigenvalue weighted by Gasteiger charge is 2.34. The second-order valence-electron chi connectivity index (χ2n) is 9.15. The molecular formula is C28H32N4O6S. The third-order valence-corrected chi connectivity index (χ3v) is 8.59. The number of methoxy groups -OCH3 is 1. The number of aryl methyl sites for hydroxylation is 1. The van der Waals surface area contributed by atoms with Gasteiger partial charge in [-0.05, 0) is 56.1 Å². The summed E-state index contributed by atoms with van der Waals surface area (Å²) in [6.45, 7) is 4.21. The number of fused-ring (bicyclic) bond motifs is 1. The lowest BCUT2D eigenvalue weighted by Gasteiger charge is -2.32. The van der Waals surface area contributed by atoms with Crippen molar-refractivity contribution in [3.05, 3.63) is 93.5 Å². The number of sulfonamides is 1. The Labute approximate surface area is 227 Å². The fourth-order valence-electron chi connectivity index (χ4n) is 4.68. The minimum absolute atomic E-state index is 0.0131. The molecule has 2 aromatic heterocycles. The van der Waals surface area contributed by atoms with Gasteiger partial charge >= 0.3 is 5.97 Å². The molecule has 1 atom stereocenters. The Balaban J connectivity index is 1.88. The van der Waals surface area contributed by atoms with E-state index in [9.17, 15) is 18.0 Å². The minimum atomic E-state index is -4.07. The van der Waals surface area contributed by atoms with Crippen LogP contribution in [-0.4, -0.2) is 48.6 Å². The van der Waals surface area contributed by atoms with Crippen molar-refractivity contribution in [1.82, 2.24) is 14.0 Å². The van der Waals surface area contributed by atoms with Gasteiger partial charge in [0.2, 0.25) is 10.0 Å². The van der Waals surface area contributed by atoms with Gasteiger partial charge in [-0.25, -0.2) is 13.2 Å². The number of nitrogens with zero attached hydrogens (tertiary/aromatic N) is 3. The molecule has 2 N–H and O–H groups in total. The Kier molecular flexibility index (Phi) is 8.63. The summed E-state index contributed by atoms with van der Waals surface area (Å²) in [7, 11) is -2.81. The molecule has 2 heterocycles. The molecule has 4 aromatic rings. The van der Waals surface area contributed by atoms with Gasteiger partial charge in [0.15, 0.2) is 5.58 Å². The largest absolute Gasteiger partial charge is 0.465 e. The molecule has 0 saturated heterocycles. The van der Waals surface area contributed by atoms with Gasteiger partial charge in [0.25, 0.3) is 5.56 Å². The second kappa shape index (κ2) is 11.9. The average molecular weight is 553 g/mol. The zero-order valence-electron chi connectivity index (χ0n) is 22.2. The zero-order chi connectivity index (χ0) is 28.2. The first kappa shape index (κ1) is 28.2. The van der Waals surface area contributed by atoms with Crippen molar-refractivity contribution >= 4 is 27.0 Å². The molecule has 2 aromatic carbocycles. The summed E-state index contributed by atoms with van der Waals surface area (Å²) < 4.78 is 41.2.